The van der Waals surface area contributed by atoms with Gasteiger partial charge in [0.05, 0.1) is 16.9 Å². The van der Waals surface area contributed by atoms with Crippen LogP contribution in [0.15, 0.2) is 0 Å². The number of carbonyl (C=O) groups is 2. The van der Waals surface area contributed by atoms with E-state index in [-0.39, 0.29) is 40.3 Å². The van der Waals surface area contributed by atoms with Crippen molar-refractivity contribution in [2.75, 3.05) is 23.0 Å². The van der Waals surface area contributed by atoms with E-state index in [1.54, 1.807) is 0 Å². The minimum atomic E-state index is -3.91. The normalized spacial score (nSPS) is 30.6. The average Bonchev–Trinajstić information content (AvgIpc) is 3.01. The van der Waals surface area contributed by atoms with Crippen LogP contribution >= 0.6 is 10.3 Å². The number of fused-ring (bicyclic) bond motifs is 2. The fourth-order valence-corrected chi connectivity index (χ4v) is 11.7. The Balaban J connectivity index is 1.77. The zero-order valence-corrected chi connectivity index (χ0v) is 20.1. The number of rotatable bonds is 9. The van der Waals surface area contributed by atoms with Gasteiger partial charge >= 0.3 is 0 Å². The van der Waals surface area contributed by atoms with Crippen molar-refractivity contribution in [3.63, 3.8) is 0 Å². The van der Waals surface area contributed by atoms with Crippen LogP contribution in [0.2, 0.25) is 0 Å². The third kappa shape index (κ3) is 4.20. The molecule has 2 atom stereocenters. The first kappa shape index (κ1) is 23.3. The maximum Gasteiger partial charge on any atom is 0.277 e. The molecule has 5 nitrogen and oxygen atoms in total. The van der Waals surface area contributed by atoms with Crippen LogP contribution in [0.1, 0.15) is 79.1 Å². The first-order valence-corrected chi connectivity index (χ1v) is 14.9. The van der Waals surface area contributed by atoms with Crippen LogP contribution in [-0.2, 0) is 23.3 Å². The largest absolute Gasteiger partial charge is 0.299 e. The van der Waals surface area contributed by atoms with Crippen LogP contribution in [0, 0.1) is 22.7 Å². The summed E-state index contributed by atoms with van der Waals surface area (Å²) >= 11 is 0. The summed E-state index contributed by atoms with van der Waals surface area (Å²) in [6.07, 6.45) is 7.21. The zero-order chi connectivity index (χ0) is 21.5. The predicted octanol–water partition coefficient (Wildman–Crippen LogP) is 4.64. The van der Waals surface area contributed by atoms with Gasteiger partial charge in [-0.25, -0.2) is 3.63 Å². The molecule has 0 aromatic carbocycles. The molecule has 0 aliphatic heterocycles. The highest BCUT2D eigenvalue weighted by molar-refractivity contribution is 8.33. The zero-order valence-electron chi connectivity index (χ0n) is 18.5. The quantitative estimate of drug-likeness (QED) is 0.516. The lowest BCUT2D eigenvalue weighted by Gasteiger charge is -2.40. The Labute approximate surface area is 178 Å². The van der Waals surface area contributed by atoms with Crippen LogP contribution in [0.5, 0.6) is 0 Å². The standard InChI is InChI=1S/C22H38O5S2/c1-5-28(6-2,15-19(23)17-10-8-7-9-11-17)27-29(25,26)16-22-13-12-18(14-20(22)24)21(22,3)4/h17-18H,5-16H2,1-4H3. The Hall–Kier alpha value is -0.400. The summed E-state index contributed by atoms with van der Waals surface area (Å²) in [5.41, 5.74) is -1.13. The third-order valence-corrected chi connectivity index (χ3v) is 14.1. The number of hydrogen-bond donors (Lipinski definition) is 0. The molecule has 0 radical (unpaired) electrons. The van der Waals surface area contributed by atoms with Crippen molar-refractivity contribution >= 4 is 32.0 Å². The molecule has 0 spiro atoms. The second kappa shape index (κ2) is 8.27. The van der Waals surface area contributed by atoms with Crippen molar-refractivity contribution in [3.05, 3.63) is 0 Å². The topological polar surface area (TPSA) is 77.5 Å². The van der Waals surface area contributed by atoms with Crippen molar-refractivity contribution < 1.29 is 21.6 Å². The van der Waals surface area contributed by atoms with Gasteiger partial charge in [0.15, 0.2) is 0 Å². The van der Waals surface area contributed by atoms with E-state index in [4.69, 9.17) is 3.63 Å². The Morgan fingerprint density at radius 1 is 1.07 bits per heavy atom. The molecular weight excluding hydrogens is 408 g/mol. The first-order valence-electron chi connectivity index (χ1n) is 11.3. The lowest BCUT2D eigenvalue weighted by Crippen LogP contribution is -2.43. The Kier molecular flexibility index (Phi) is 6.63. The minimum absolute atomic E-state index is 0.0598. The van der Waals surface area contributed by atoms with E-state index < -0.39 is 25.8 Å². The molecule has 0 N–H and O–H groups in total. The third-order valence-electron chi connectivity index (χ3n) is 8.33. The number of hydrogen-bond acceptors (Lipinski definition) is 5. The highest BCUT2D eigenvalue weighted by Gasteiger charge is 2.65. The molecule has 2 bridgehead atoms. The van der Waals surface area contributed by atoms with Gasteiger partial charge in [0.25, 0.3) is 10.1 Å². The monoisotopic (exact) mass is 446 g/mol. The van der Waals surface area contributed by atoms with Gasteiger partial charge in [-0.1, -0.05) is 47.0 Å². The molecule has 2 unspecified atom stereocenters. The molecule has 0 amide bonds. The molecule has 29 heavy (non-hydrogen) atoms. The van der Waals surface area contributed by atoms with E-state index in [0.717, 1.165) is 32.1 Å². The maximum atomic E-state index is 13.2. The molecule has 0 aromatic heterocycles. The van der Waals surface area contributed by atoms with Gasteiger partial charge in [-0.2, -0.15) is 8.42 Å². The van der Waals surface area contributed by atoms with Crippen LogP contribution in [0.3, 0.4) is 0 Å². The van der Waals surface area contributed by atoms with Gasteiger partial charge in [0.1, 0.15) is 11.6 Å². The van der Waals surface area contributed by atoms with Crippen LogP contribution in [0.4, 0.5) is 0 Å². The van der Waals surface area contributed by atoms with Gasteiger partial charge in [-0.05, 0) is 48.5 Å². The van der Waals surface area contributed by atoms with E-state index in [0.29, 0.717) is 24.3 Å². The fraction of sp³-hybridized carbons (Fsp3) is 0.909. The predicted molar refractivity (Wildman–Crippen MR) is 119 cm³/mol. The Morgan fingerprint density at radius 3 is 2.17 bits per heavy atom. The summed E-state index contributed by atoms with van der Waals surface area (Å²) in [6, 6.07) is 0. The summed E-state index contributed by atoms with van der Waals surface area (Å²) in [5, 5.41) is 0. The van der Waals surface area contributed by atoms with E-state index in [1.165, 1.54) is 6.42 Å². The molecule has 168 valence electrons. The van der Waals surface area contributed by atoms with Crippen molar-refractivity contribution in [3.8, 4) is 0 Å². The molecule has 3 fully saturated rings. The van der Waals surface area contributed by atoms with Gasteiger partial charge in [-0.15, -0.1) is 10.3 Å². The molecule has 3 saturated carbocycles. The van der Waals surface area contributed by atoms with Crippen LogP contribution in [-0.4, -0.2) is 43.0 Å². The molecule has 0 aromatic rings. The van der Waals surface area contributed by atoms with Crippen LogP contribution < -0.4 is 0 Å². The Bertz CT molecular complexity index is 747. The average molecular weight is 447 g/mol. The molecule has 7 heteroatoms. The SMILES string of the molecule is CCS(CC)(CC(=O)C1CCCCC1)OS(=O)(=O)CC12CCC(CC1=O)C2(C)C. The first-order chi connectivity index (χ1) is 13.5. The smallest absolute Gasteiger partial charge is 0.277 e. The van der Waals surface area contributed by atoms with E-state index >= 15 is 0 Å². The van der Waals surface area contributed by atoms with Gasteiger partial charge in [-0.3, -0.25) is 9.59 Å². The molecule has 0 heterocycles. The number of ketones is 2. The highest BCUT2D eigenvalue weighted by Crippen LogP contribution is 2.65. The van der Waals surface area contributed by atoms with Gasteiger partial charge < -0.3 is 0 Å². The van der Waals surface area contributed by atoms with E-state index in [9.17, 15) is 18.0 Å². The van der Waals surface area contributed by atoms with E-state index in [2.05, 4.69) is 0 Å². The lowest BCUT2D eigenvalue weighted by molar-refractivity contribution is -0.128. The Morgan fingerprint density at radius 2 is 1.69 bits per heavy atom. The summed E-state index contributed by atoms with van der Waals surface area (Å²) in [5.74, 6) is 1.69. The summed E-state index contributed by atoms with van der Waals surface area (Å²) < 4.78 is 32.4. The molecule has 3 aliphatic rings. The van der Waals surface area contributed by atoms with Gasteiger partial charge in [0.2, 0.25) is 0 Å². The van der Waals surface area contributed by atoms with Crippen molar-refractivity contribution in [1.29, 1.82) is 0 Å². The summed E-state index contributed by atoms with van der Waals surface area (Å²) in [6.45, 7) is 7.93. The van der Waals surface area contributed by atoms with Crippen molar-refractivity contribution in [1.82, 2.24) is 0 Å². The molecule has 0 saturated heterocycles. The lowest BCUT2D eigenvalue weighted by atomic mass is 9.70. The minimum Gasteiger partial charge on any atom is -0.299 e. The highest BCUT2D eigenvalue weighted by atomic mass is 32.3. The summed E-state index contributed by atoms with van der Waals surface area (Å²) in [7, 11) is -5.95. The molecule has 3 aliphatic carbocycles. The second-order valence-corrected chi connectivity index (χ2v) is 15.2. The molecular formula is C22H38O5S2. The number of Topliss-reactive ketones (excluding diaryl/α,β-unsaturated/α-hetero) is 2. The van der Waals surface area contributed by atoms with Crippen LogP contribution in [0.25, 0.3) is 0 Å². The number of carbonyl (C=O) groups excluding carboxylic acids is 2. The van der Waals surface area contributed by atoms with Gasteiger partial charge in [0, 0.05) is 12.3 Å². The van der Waals surface area contributed by atoms with E-state index in [1.807, 2.05) is 27.7 Å². The van der Waals surface area contributed by atoms with Crippen molar-refractivity contribution in [2.24, 2.45) is 22.7 Å². The summed E-state index contributed by atoms with van der Waals surface area (Å²) in [4.78, 5) is 25.7. The second-order valence-electron chi connectivity index (χ2n) is 9.93. The van der Waals surface area contributed by atoms with Crippen molar-refractivity contribution in [2.45, 2.75) is 79.1 Å². The molecule has 3 rings (SSSR count). The fourth-order valence-electron chi connectivity index (χ4n) is 5.98. The maximum absolute atomic E-state index is 13.2.